The van der Waals surface area contributed by atoms with Gasteiger partial charge in [-0.1, -0.05) is 29.8 Å². The van der Waals surface area contributed by atoms with Crippen LogP contribution >= 0.6 is 11.6 Å². The van der Waals surface area contributed by atoms with Gasteiger partial charge in [-0.2, -0.15) is 5.10 Å². The Kier molecular flexibility index (Phi) is 3.88. The quantitative estimate of drug-likeness (QED) is 0.738. The lowest BCUT2D eigenvalue weighted by Gasteiger charge is -2.19. The summed E-state index contributed by atoms with van der Waals surface area (Å²) in [6.07, 6.45) is 7.30. The van der Waals surface area contributed by atoms with Gasteiger partial charge in [-0.25, -0.2) is 4.68 Å². The van der Waals surface area contributed by atoms with E-state index in [0.29, 0.717) is 5.02 Å². The van der Waals surface area contributed by atoms with Gasteiger partial charge >= 0.3 is 0 Å². The number of hydrogen-bond donors (Lipinski definition) is 0. The van der Waals surface area contributed by atoms with Gasteiger partial charge in [-0.05, 0) is 18.2 Å². The average molecular weight is 299 g/mol. The third kappa shape index (κ3) is 3.06. The minimum absolute atomic E-state index is 0.649. The number of hydrogen-bond acceptors (Lipinski definition) is 3. The molecule has 0 amide bonds. The van der Waals surface area contributed by atoms with Crippen LogP contribution in [-0.2, 0) is 6.54 Å². The number of aromatic nitrogens is 3. The smallest absolute Gasteiger partial charge is 0.0822 e. The second-order valence-corrected chi connectivity index (χ2v) is 5.22. The first-order chi connectivity index (χ1) is 10.2. The third-order valence-corrected chi connectivity index (χ3v) is 3.53. The summed E-state index contributed by atoms with van der Waals surface area (Å²) in [5, 5.41) is 5.05. The van der Waals surface area contributed by atoms with Gasteiger partial charge in [0, 0.05) is 37.7 Å². The Morgan fingerprint density at radius 1 is 1.14 bits per heavy atom. The van der Waals surface area contributed by atoms with Gasteiger partial charge in [0.15, 0.2) is 0 Å². The second-order valence-electron chi connectivity index (χ2n) is 4.81. The molecule has 106 valence electrons. The predicted molar refractivity (Wildman–Crippen MR) is 84.9 cm³/mol. The van der Waals surface area contributed by atoms with Crippen LogP contribution in [-0.4, -0.2) is 21.8 Å². The largest absolute Gasteiger partial charge is 0.369 e. The molecule has 3 rings (SSSR count). The molecular formula is C16H15ClN4. The summed E-state index contributed by atoms with van der Waals surface area (Å²) in [5.74, 6) is 0. The van der Waals surface area contributed by atoms with Gasteiger partial charge in [-0.3, -0.25) is 4.98 Å². The molecule has 0 aliphatic heterocycles. The minimum Gasteiger partial charge on any atom is -0.369 e. The predicted octanol–water partition coefficient (Wildman–Crippen LogP) is 3.56. The van der Waals surface area contributed by atoms with Crippen molar-refractivity contribution in [2.24, 2.45) is 0 Å². The van der Waals surface area contributed by atoms with Crippen LogP contribution in [0.5, 0.6) is 0 Å². The molecule has 21 heavy (non-hydrogen) atoms. The van der Waals surface area contributed by atoms with Gasteiger partial charge in [0.25, 0.3) is 0 Å². The van der Waals surface area contributed by atoms with E-state index in [2.05, 4.69) is 15.0 Å². The van der Waals surface area contributed by atoms with E-state index in [9.17, 15) is 0 Å². The van der Waals surface area contributed by atoms with Crippen LogP contribution in [0, 0.1) is 0 Å². The van der Waals surface area contributed by atoms with Gasteiger partial charge in [0.2, 0.25) is 0 Å². The Hall–Kier alpha value is -2.33. The van der Waals surface area contributed by atoms with Crippen molar-refractivity contribution in [2.45, 2.75) is 6.54 Å². The average Bonchev–Trinajstić information content (AvgIpc) is 2.97. The first-order valence-corrected chi connectivity index (χ1v) is 7.01. The number of halogens is 1. The van der Waals surface area contributed by atoms with Crippen molar-refractivity contribution in [3.63, 3.8) is 0 Å². The first kappa shape index (κ1) is 13.6. The number of anilines is 1. The van der Waals surface area contributed by atoms with E-state index in [1.54, 1.807) is 12.4 Å². The zero-order valence-electron chi connectivity index (χ0n) is 11.6. The lowest BCUT2D eigenvalue weighted by atomic mass is 10.3. The molecule has 0 saturated carbocycles. The van der Waals surface area contributed by atoms with E-state index in [4.69, 9.17) is 11.6 Å². The van der Waals surface area contributed by atoms with Crippen molar-refractivity contribution in [3.05, 3.63) is 71.8 Å². The fourth-order valence-corrected chi connectivity index (χ4v) is 2.46. The highest BCUT2D eigenvalue weighted by Gasteiger charge is 2.08. The van der Waals surface area contributed by atoms with Crippen LogP contribution in [0.3, 0.4) is 0 Å². The Morgan fingerprint density at radius 3 is 2.71 bits per heavy atom. The van der Waals surface area contributed by atoms with E-state index >= 15 is 0 Å². The van der Waals surface area contributed by atoms with E-state index in [1.807, 2.05) is 60.5 Å². The zero-order chi connectivity index (χ0) is 14.7. The number of nitrogens with zero attached hydrogens (tertiary/aromatic N) is 4. The normalized spacial score (nSPS) is 10.6. The van der Waals surface area contributed by atoms with E-state index in [0.717, 1.165) is 23.5 Å². The van der Waals surface area contributed by atoms with Crippen molar-refractivity contribution in [1.82, 2.24) is 14.8 Å². The van der Waals surface area contributed by atoms with Gasteiger partial charge < -0.3 is 4.90 Å². The maximum absolute atomic E-state index is 6.16. The second kappa shape index (κ2) is 5.97. The molecule has 0 unspecified atom stereocenters. The van der Waals surface area contributed by atoms with E-state index < -0.39 is 0 Å². The summed E-state index contributed by atoms with van der Waals surface area (Å²) in [6, 6.07) is 12.0. The lowest BCUT2D eigenvalue weighted by Crippen LogP contribution is -2.16. The first-order valence-electron chi connectivity index (χ1n) is 6.63. The third-order valence-electron chi connectivity index (χ3n) is 3.24. The van der Waals surface area contributed by atoms with Crippen molar-refractivity contribution >= 4 is 17.3 Å². The van der Waals surface area contributed by atoms with Crippen LogP contribution in [0.15, 0.2) is 61.2 Å². The van der Waals surface area contributed by atoms with Gasteiger partial charge in [0.05, 0.1) is 22.6 Å². The number of rotatable bonds is 4. The highest BCUT2D eigenvalue weighted by atomic mass is 35.5. The highest BCUT2D eigenvalue weighted by molar-refractivity contribution is 6.33. The van der Waals surface area contributed by atoms with Crippen molar-refractivity contribution in [1.29, 1.82) is 0 Å². The molecule has 5 heteroatoms. The molecule has 2 heterocycles. The standard InChI is InChI=1S/C16H15ClN4/c1-20(16-7-8-18-10-15(16)17)11-13-9-19-21(12-13)14-5-3-2-4-6-14/h2-10,12H,11H2,1H3. The highest BCUT2D eigenvalue weighted by Crippen LogP contribution is 2.24. The molecular weight excluding hydrogens is 284 g/mol. The maximum Gasteiger partial charge on any atom is 0.0822 e. The molecule has 0 atom stereocenters. The van der Waals surface area contributed by atoms with E-state index in [1.165, 1.54) is 0 Å². The SMILES string of the molecule is CN(Cc1cnn(-c2ccccc2)c1)c1ccncc1Cl. The topological polar surface area (TPSA) is 34.0 Å². The summed E-state index contributed by atoms with van der Waals surface area (Å²) in [6.45, 7) is 0.733. The van der Waals surface area contributed by atoms with Gasteiger partial charge in [-0.15, -0.1) is 0 Å². The molecule has 0 radical (unpaired) electrons. The zero-order valence-corrected chi connectivity index (χ0v) is 12.4. The van der Waals surface area contributed by atoms with Crippen LogP contribution in [0.25, 0.3) is 5.69 Å². The minimum atomic E-state index is 0.649. The van der Waals surface area contributed by atoms with Crippen molar-refractivity contribution in [2.75, 3.05) is 11.9 Å². The molecule has 2 aromatic heterocycles. The Balaban J connectivity index is 1.77. The fraction of sp³-hybridized carbons (Fsp3) is 0.125. The van der Waals surface area contributed by atoms with E-state index in [-0.39, 0.29) is 0 Å². The summed E-state index contributed by atoms with van der Waals surface area (Å²) in [4.78, 5) is 6.08. The molecule has 4 nitrogen and oxygen atoms in total. The Morgan fingerprint density at radius 2 is 1.95 bits per heavy atom. The van der Waals surface area contributed by atoms with Crippen LogP contribution in [0.4, 0.5) is 5.69 Å². The number of para-hydroxylation sites is 1. The summed E-state index contributed by atoms with van der Waals surface area (Å²) in [5.41, 5.74) is 3.13. The molecule has 0 aliphatic carbocycles. The fourth-order valence-electron chi connectivity index (χ4n) is 2.20. The Bertz CT molecular complexity index is 724. The molecule has 0 bridgehead atoms. The molecule has 0 fully saturated rings. The molecule has 1 aromatic carbocycles. The summed E-state index contributed by atoms with van der Waals surface area (Å²) >= 11 is 6.16. The number of benzene rings is 1. The monoisotopic (exact) mass is 298 g/mol. The molecule has 3 aromatic rings. The maximum atomic E-state index is 6.16. The van der Waals surface area contributed by atoms with Crippen molar-refractivity contribution in [3.8, 4) is 5.69 Å². The van der Waals surface area contributed by atoms with Crippen molar-refractivity contribution < 1.29 is 0 Å². The molecule has 0 aliphatic rings. The Labute approximate surface area is 128 Å². The summed E-state index contributed by atoms with van der Waals surface area (Å²) in [7, 11) is 2.00. The molecule has 0 spiro atoms. The van der Waals surface area contributed by atoms with Gasteiger partial charge in [0.1, 0.15) is 0 Å². The molecule has 0 N–H and O–H groups in total. The van der Waals surface area contributed by atoms with Crippen LogP contribution in [0.2, 0.25) is 5.02 Å². The van der Waals surface area contributed by atoms with Crippen LogP contribution < -0.4 is 4.90 Å². The van der Waals surface area contributed by atoms with Crippen LogP contribution in [0.1, 0.15) is 5.56 Å². The lowest BCUT2D eigenvalue weighted by molar-refractivity contribution is 0.877. The molecule has 0 saturated heterocycles. The summed E-state index contributed by atoms with van der Waals surface area (Å²) < 4.78 is 1.87. The number of pyridine rings is 1.